The number of rotatable bonds is 7. The van der Waals surface area contributed by atoms with Gasteiger partial charge in [-0.25, -0.2) is 5.43 Å². The number of nitriles is 1. The van der Waals surface area contributed by atoms with Gasteiger partial charge in [0.2, 0.25) is 12.7 Å². The zero-order chi connectivity index (χ0) is 21.5. The lowest BCUT2D eigenvalue weighted by atomic mass is 10.1. The predicted octanol–water partition coefficient (Wildman–Crippen LogP) is 3.56. The first-order valence-corrected chi connectivity index (χ1v) is 9.62. The highest BCUT2D eigenvalue weighted by Crippen LogP contribution is 2.32. The van der Waals surface area contributed by atoms with Gasteiger partial charge in [-0.3, -0.25) is 4.79 Å². The molecule has 0 saturated carbocycles. The van der Waals surface area contributed by atoms with Gasteiger partial charge in [-0.1, -0.05) is 24.3 Å². The van der Waals surface area contributed by atoms with E-state index in [2.05, 4.69) is 16.6 Å². The van der Waals surface area contributed by atoms with Crippen LogP contribution in [-0.2, 0) is 17.8 Å². The van der Waals surface area contributed by atoms with Gasteiger partial charge in [-0.2, -0.15) is 10.4 Å². The number of carbonyl (C=O) groups excluding carboxylic acids is 1. The second kappa shape index (κ2) is 9.46. The van der Waals surface area contributed by atoms with Crippen molar-refractivity contribution >= 4 is 12.1 Å². The summed E-state index contributed by atoms with van der Waals surface area (Å²) in [6.45, 7) is 0.513. The zero-order valence-corrected chi connectivity index (χ0v) is 16.6. The molecule has 1 heterocycles. The fraction of sp³-hybridized carbons (Fsp3) is 0.125. The van der Waals surface area contributed by atoms with Crippen LogP contribution in [0.1, 0.15) is 22.3 Å². The van der Waals surface area contributed by atoms with Gasteiger partial charge in [0.25, 0.3) is 0 Å². The fourth-order valence-corrected chi connectivity index (χ4v) is 3.02. The molecule has 0 aromatic heterocycles. The van der Waals surface area contributed by atoms with Gasteiger partial charge in [-0.05, 0) is 53.6 Å². The molecule has 31 heavy (non-hydrogen) atoms. The van der Waals surface area contributed by atoms with E-state index in [9.17, 15) is 4.79 Å². The summed E-state index contributed by atoms with van der Waals surface area (Å²) in [4.78, 5) is 12.1. The Morgan fingerprint density at radius 3 is 2.74 bits per heavy atom. The molecule has 0 spiro atoms. The molecule has 0 bridgehead atoms. The Morgan fingerprint density at radius 2 is 1.90 bits per heavy atom. The first kappa shape index (κ1) is 20.0. The van der Waals surface area contributed by atoms with E-state index < -0.39 is 0 Å². The molecule has 3 aromatic carbocycles. The van der Waals surface area contributed by atoms with Crippen LogP contribution >= 0.6 is 0 Å². The summed E-state index contributed by atoms with van der Waals surface area (Å²) in [7, 11) is 0. The molecule has 154 valence electrons. The number of hydrazone groups is 1. The minimum absolute atomic E-state index is 0.185. The second-order valence-electron chi connectivity index (χ2n) is 6.78. The lowest BCUT2D eigenvalue weighted by molar-refractivity contribution is -0.120. The highest BCUT2D eigenvalue weighted by molar-refractivity contribution is 5.83. The van der Waals surface area contributed by atoms with Crippen LogP contribution in [-0.4, -0.2) is 18.9 Å². The topological polar surface area (TPSA) is 92.9 Å². The van der Waals surface area contributed by atoms with Crippen LogP contribution in [0.5, 0.6) is 17.2 Å². The third-order valence-corrected chi connectivity index (χ3v) is 4.62. The minimum Gasteiger partial charge on any atom is -0.489 e. The monoisotopic (exact) mass is 413 g/mol. The second-order valence-corrected chi connectivity index (χ2v) is 6.78. The lowest BCUT2D eigenvalue weighted by Gasteiger charge is -2.07. The van der Waals surface area contributed by atoms with Crippen molar-refractivity contribution in [1.82, 2.24) is 5.43 Å². The molecule has 0 radical (unpaired) electrons. The molecule has 0 saturated heterocycles. The maximum absolute atomic E-state index is 12.1. The van der Waals surface area contributed by atoms with Crippen LogP contribution in [0.15, 0.2) is 71.8 Å². The van der Waals surface area contributed by atoms with Crippen LogP contribution in [0.2, 0.25) is 0 Å². The Balaban J connectivity index is 1.26. The first-order chi connectivity index (χ1) is 15.2. The van der Waals surface area contributed by atoms with Crippen molar-refractivity contribution in [3.05, 3.63) is 89.0 Å². The third kappa shape index (κ3) is 5.19. The van der Waals surface area contributed by atoms with E-state index in [4.69, 9.17) is 19.5 Å². The number of nitrogens with one attached hydrogen (secondary N) is 1. The summed E-state index contributed by atoms with van der Waals surface area (Å²) in [6.07, 6.45) is 1.75. The normalized spacial score (nSPS) is 11.8. The summed E-state index contributed by atoms with van der Waals surface area (Å²) in [5.41, 5.74) is 5.58. The van der Waals surface area contributed by atoms with Crippen molar-refractivity contribution in [2.24, 2.45) is 5.10 Å². The number of hydrogen-bond acceptors (Lipinski definition) is 6. The Bertz CT molecular complexity index is 1150. The van der Waals surface area contributed by atoms with Crippen LogP contribution in [0, 0.1) is 11.3 Å². The quantitative estimate of drug-likeness (QED) is 0.472. The number of amides is 1. The SMILES string of the molecule is N#Cc1ccccc1COc1ccc(/C=N/NC(=O)Cc2ccc3c(c2)OCO3)cc1. The minimum atomic E-state index is -0.230. The average Bonchev–Trinajstić information content (AvgIpc) is 3.26. The number of nitrogens with zero attached hydrogens (tertiary/aromatic N) is 2. The van der Waals surface area contributed by atoms with Crippen molar-refractivity contribution in [2.75, 3.05) is 6.79 Å². The molecule has 7 nitrogen and oxygen atoms in total. The van der Waals surface area contributed by atoms with E-state index in [-0.39, 0.29) is 19.1 Å². The molecule has 1 aliphatic rings. The molecule has 1 amide bonds. The van der Waals surface area contributed by atoms with Crippen LogP contribution in [0.3, 0.4) is 0 Å². The molecule has 1 N–H and O–H groups in total. The molecule has 0 unspecified atom stereocenters. The molecule has 0 atom stereocenters. The van der Waals surface area contributed by atoms with Crippen molar-refractivity contribution < 1.29 is 19.0 Å². The van der Waals surface area contributed by atoms with Gasteiger partial charge in [0.05, 0.1) is 24.3 Å². The third-order valence-electron chi connectivity index (χ3n) is 4.62. The van der Waals surface area contributed by atoms with Gasteiger partial charge in [0.1, 0.15) is 12.4 Å². The number of fused-ring (bicyclic) bond motifs is 1. The molecular formula is C24H19N3O4. The Hall–Kier alpha value is -4.31. The molecule has 1 aliphatic heterocycles. The summed E-state index contributed by atoms with van der Waals surface area (Å²) in [5, 5.41) is 13.1. The van der Waals surface area contributed by atoms with Gasteiger partial charge in [-0.15, -0.1) is 0 Å². The van der Waals surface area contributed by atoms with Gasteiger partial charge < -0.3 is 14.2 Å². The number of benzene rings is 3. The average molecular weight is 413 g/mol. The molecular weight excluding hydrogens is 394 g/mol. The van der Waals surface area contributed by atoms with Crippen molar-refractivity contribution in [3.63, 3.8) is 0 Å². The van der Waals surface area contributed by atoms with Crippen LogP contribution in [0.4, 0.5) is 0 Å². The summed E-state index contributed by atoms with van der Waals surface area (Å²) in [5.74, 6) is 1.78. The first-order valence-electron chi connectivity index (χ1n) is 9.62. The van der Waals surface area contributed by atoms with Crippen molar-refractivity contribution in [2.45, 2.75) is 13.0 Å². The molecule has 3 aromatic rings. The smallest absolute Gasteiger partial charge is 0.244 e. The maximum Gasteiger partial charge on any atom is 0.244 e. The number of carbonyl (C=O) groups is 1. The van der Waals surface area contributed by atoms with Gasteiger partial charge in [0.15, 0.2) is 11.5 Å². The highest BCUT2D eigenvalue weighted by atomic mass is 16.7. The van der Waals surface area contributed by atoms with Gasteiger partial charge in [0, 0.05) is 5.56 Å². The Morgan fingerprint density at radius 1 is 1.10 bits per heavy atom. The summed E-state index contributed by atoms with van der Waals surface area (Å²) < 4.78 is 16.3. The highest BCUT2D eigenvalue weighted by Gasteiger charge is 2.14. The van der Waals surface area contributed by atoms with Crippen molar-refractivity contribution in [3.8, 4) is 23.3 Å². The van der Waals surface area contributed by atoms with E-state index in [1.807, 2.05) is 48.5 Å². The molecule has 0 aliphatic carbocycles. The van der Waals surface area contributed by atoms with Crippen molar-refractivity contribution in [1.29, 1.82) is 5.26 Å². The standard InChI is InChI=1S/C24H19N3O4/c25-13-19-3-1-2-4-20(19)15-29-21-8-5-17(6-9-21)14-26-27-24(28)12-18-7-10-22-23(11-18)31-16-30-22/h1-11,14H,12,15-16H2,(H,27,28)/b26-14+. The largest absolute Gasteiger partial charge is 0.489 e. The Kier molecular flexibility index (Phi) is 6.10. The van der Waals surface area contributed by atoms with E-state index in [0.29, 0.717) is 29.4 Å². The number of ether oxygens (including phenoxy) is 3. The molecule has 0 fully saturated rings. The van der Waals surface area contributed by atoms with Gasteiger partial charge >= 0.3 is 0 Å². The molecule has 7 heteroatoms. The van der Waals surface area contributed by atoms with Crippen LogP contribution in [0.25, 0.3) is 0 Å². The lowest BCUT2D eigenvalue weighted by Crippen LogP contribution is -2.19. The zero-order valence-electron chi connectivity index (χ0n) is 16.6. The Labute approximate surface area is 179 Å². The van der Waals surface area contributed by atoms with E-state index >= 15 is 0 Å². The maximum atomic E-state index is 12.1. The number of hydrogen-bond donors (Lipinski definition) is 1. The summed E-state index contributed by atoms with van der Waals surface area (Å²) >= 11 is 0. The molecule has 4 rings (SSSR count). The van der Waals surface area contributed by atoms with Crippen LogP contribution < -0.4 is 19.6 Å². The van der Waals surface area contributed by atoms with E-state index in [1.165, 1.54) is 0 Å². The fourth-order valence-electron chi connectivity index (χ4n) is 3.02. The van der Waals surface area contributed by atoms with E-state index in [0.717, 1.165) is 16.7 Å². The van der Waals surface area contributed by atoms with E-state index in [1.54, 1.807) is 24.4 Å². The summed E-state index contributed by atoms with van der Waals surface area (Å²) in [6, 6.07) is 22.2. The predicted molar refractivity (Wildman–Crippen MR) is 114 cm³/mol.